The van der Waals surface area contributed by atoms with Crippen LogP contribution in [0.5, 0.6) is 0 Å². The van der Waals surface area contributed by atoms with E-state index in [1.807, 2.05) is 140 Å². The second-order valence-electron chi connectivity index (χ2n) is 29.2. The fraction of sp³-hybridized carbons (Fsp3) is 0.435. The number of halogens is 2. The van der Waals surface area contributed by atoms with Crippen LogP contribution in [-0.2, 0) is 91.3 Å². The topological polar surface area (TPSA) is 221 Å². The van der Waals surface area contributed by atoms with Crippen molar-refractivity contribution in [2.24, 2.45) is 11.8 Å². The Kier molecular flexibility index (Phi) is 31.4. The number of ether oxygens (including phenoxy) is 1. The zero-order valence-corrected chi connectivity index (χ0v) is 67.9. The van der Waals surface area contributed by atoms with Gasteiger partial charge in [0.1, 0.15) is 0 Å². The van der Waals surface area contributed by atoms with Gasteiger partial charge in [-0.25, -0.2) is 4.79 Å². The van der Waals surface area contributed by atoms with Crippen LogP contribution in [0.1, 0.15) is 124 Å². The Morgan fingerprint density at radius 1 is 0.514 bits per heavy atom. The zero-order chi connectivity index (χ0) is 72.3. The van der Waals surface area contributed by atoms with E-state index in [0.29, 0.717) is 55.1 Å². The standard InChI is InChI=1S/C24H32N2O3.C20H22N2O.C13H16N2O.C11H15Cl2N.C9H9NO.C8H7NO.Na.2H2O.Pd.H/c1-3-29-23(28)26-18-8-9-19(26)15-17(14-18)16-10-12-24(13-11-16)20-6-4-5-7-21(20)25(2)22(24)27;1-21-18-10-6-5-9-17(18)20(19(21)23)11-13-22(14-12-20)15-16-7-3-2-4-8-16;1-15-11-5-3-2-4-10(11)13(12(15)16)6-8-14-9-7-13;12-6-8-14(9-7-13)10-11-4-2-1-3-5-11;1-10-8-5-3-2-4-7(8)6-9(10)11;10-8-5-6-3-1-2-4-7(6)9-8;;;;;/h4-7,16-19H,3,8-15H2,1-2H3;2-10H,11-15H2,1H3;2-5,14H,6-9H2,1H3;1-5H,6-10H2;2-5H,6H2,1H3;1-4H,5H2,(H,9,10);;2*1H2;;/q;;;;;;+1;;;;-1. The third kappa shape index (κ3) is 18.6. The van der Waals surface area contributed by atoms with Crippen LogP contribution in [-0.4, -0.2) is 159 Å². The minimum Gasteiger partial charge on any atom is -1.00 e. The summed E-state index contributed by atoms with van der Waals surface area (Å²) in [4.78, 5) is 86.8. The number of hydrogen-bond acceptors (Lipinski definition) is 10. The van der Waals surface area contributed by atoms with Crippen molar-refractivity contribution >= 4 is 87.3 Å². The molecule has 5 fully saturated rings. The van der Waals surface area contributed by atoms with Crippen LogP contribution < -0.4 is 59.8 Å². The number of nitrogens with zero attached hydrogens (tertiary/aromatic N) is 7. The van der Waals surface area contributed by atoms with Crippen molar-refractivity contribution in [1.29, 1.82) is 0 Å². The number of para-hydroxylation sites is 5. The van der Waals surface area contributed by atoms with Gasteiger partial charge in [0.05, 0.1) is 35.7 Å². The summed E-state index contributed by atoms with van der Waals surface area (Å²) < 4.78 is 5.31. The maximum atomic E-state index is 13.2. The van der Waals surface area contributed by atoms with Gasteiger partial charge in [0.15, 0.2) is 0 Å². The molecule has 7 aromatic rings. The number of benzene rings is 7. The second-order valence-corrected chi connectivity index (χ2v) is 30.0. The van der Waals surface area contributed by atoms with Crippen molar-refractivity contribution in [2.45, 2.75) is 138 Å². The summed E-state index contributed by atoms with van der Waals surface area (Å²) in [6.07, 6.45) is 13.3. The van der Waals surface area contributed by atoms with E-state index in [-0.39, 0.29) is 114 Å². The molecular weight excluding hydrogens is 1490 g/mol. The Hall–Kier alpha value is -6.80. The molecule has 107 heavy (non-hydrogen) atoms. The first kappa shape index (κ1) is 85.8. The first-order valence-corrected chi connectivity index (χ1v) is 38.3. The molecule has 570 valence electrons. The van der Waals surface area contributed by atoms with Crippen LogP contribution in [0, 0.1) is 11.8 Å². The molecule has 9 heterocycles. The number of rotatable bonds is 10. The van der Waals surface area contributed by atoms with E-state index >= 15 is 0 Å². The Morgan fingerprint density at radius 3 is 1.42 bits per heavy atom. The summed E-state index contributed by atoms with van der Waals surface area (Å²) >= 11 is 11.4. The number of fused-ring (bicyclic) bond motifs is 10. The molecule has 1 aliphatic carbocycles. The molecule has 0 aromatic heterocycles. The van der Waals surface area contributed by atoms with Gasteiger partial charge in [-0.2, -0.15) is 0 Å². The molecular formula is C85H106Cl2N9NaO9Pd. The van der Waals surface area contributed by atoms with E-state index < -0.39 is 0 Å². The number of alkyl halides is 2. The number of carbonyl (C=O) groups is 6. The van der Waals surface area contributed by atoms with E-state index in [2.05, 4.69) is 117 Å². The number of piperidine rings is 3. The minimum absolute atomic E-state index is 0. The Labute approximate surface area is 679 Å². The Morgan fingerprint density at radius 2 is 0.944 bits per heavy atom. The first-order chi connectivity index (χ1) is 50.0. The Bertz CT molecular complexity index is 4080. The van der Waals surface area contributed by atoms with Crippen LogP contribution in [0.4, 0.5) is 33.2 Å². The van der Waals surface area contributed by atoms with Crippen LogP contribution in [0.15, 0.2) is 182 Å². The van der Waals surface area contributed by atoms with E-state index in [9.17, 15) is 28.8 Å². The molecule has 1 saturated carbocycles. The molecule has 22 heteroatoms. The maximum absolute atomic E-state index is 13.2. The number of anilines is 5. The molecule has 0 radical (unpaired) electrons. The van der Waals surface area contributed by atoms with Crippen molar-refractivity contribution < 1.29 is 95.9 Å². The van der Waals surface area contributed by atoms with Crippen molar-refractivity contribution in [3.05, 3.63) is 221 Å². The number of nitrogens with one attached hydrogen (secondary N) is 2. The summed E-state index contributed by atoms with van der Waals surface area (Å²) in [5.74, 6) is 3.79. The number of hydrogen-bond donors (Lipinski definition) is 2. The largest absolute Gasteiger partial charge is 1.00 e. The van der Waals surface area contributed by atoms with Gasteiger partial charge in [-0.1, -0.05) is 152 Å². The summed E-state index contributed by atoms with van der Waals surface area (Å²) in [5, 5.41) is 6.09. The molecule has 2 unspecified atom stereocenters. The quantitative estimate of drug-likeness (QED) is 0.0975. The maximum Gasteiger partial charge on any atom is 1.00 e. The second kappa shape index (κ2) is 39.2. The van der Waals surface area contributed by atoms with Gasteiger partial charge < -0.3 is 52.2 Å². The fourth-order valence-electron chi connectivity index (χ4n) is 18.0. The monoisotopic (exact) mass is 1600 g/mol. The van der Waals surface area contributed by atoms with Gasteiger partial charge in [0.2, 0.25) is 29.5 Å². The number of likely N-dealkylation sites (tertiary alicyclic amines) is 1. The van der Waals surface area contributed by atoms with E-state index in [1.165, 1.54) is 27.8 Å². The number of likely N-dealkylation sites (N-methyl/N-ethyl adjacent to an activating group) is 4. The average Bonchev–Trinajstić information content (AvgIpc) is 1.58. The van der Waals surface area contributed by atoms with Crippen molar-refractivity contribution in [3.63, 3.8) is 0 Å². The van der Waals surface area contributed by atoms with Gasteiger partial charge in [-0.3, -0.25) is 33.8 Å². The minimum atomic E-state index is -0.299. The number of amides is 6. The molecule has 2 bridgehead atoms. The van der Waals surface area contributed by atoms with Crippen LogP contribution >= 0.6 is 23.2 Å². The average molecular weight is 1600 g/mol. The van der Waals surface area contributed by atoms with Gasteiger partial charge >= 0.3 is 35.7 Å². The van der Waals surface area contributed by atoms with Gasteiger partial charge in [-0.05, 0) is 191 Å². The SMILES string of the molecule is CCOC(=O)N1C2CCC1CC(C1CCC3(CC1)C(=O)N(C)c1ccccc13)C2.CN1C(=O)C2(CCN(Cc3ccccc3)CC2)c2ccccc21.CN1C(=O)C2(CCNCC2)c2ccccc21.CN1C(=O)Cc2ccccc21.ClCCN(CCCl)Cc1ccccc1.O.O.O=C1Cc2ccccc2N1.[H-].[Na+].[Pd]. The Balaban J connectivity index is 0.000000186. The molecule has 9 aliphatic heterocycles. The summed E-state index contributed by atoms with van der Waals surface area (Å²) in [7, 11) is 7.53. The van der Waals surface area contributed by atoms with Crippen LogP contribution in [0.2, 0.25) is 0 Å². The van der Waals surface area contributed by atoms with Gasteiger partial charge in [0.25, 0.3) is 0 Å². The molecule has 3 spiro atoms. The van der Waals surface area contributed by atoms with Crippen LogP contribution in [0.25, 0.3) is 0 Å². The van der Waals surface area contributed by atoms with E-state index in [4.69, 9.17) is 27.9 Å². The summed E-state index contributed by atoms with van der Waals surface area (Å²) in [5.41, 5.74) is 13.1. The third-order valence-electron chi connectivity index (χ3n) is 23.5. The van der Waals surface area contributed by atoms with Gasteiger partial charge in [-0.15, -0.1) is 23.2 Å². The number of carbonyl (C=O) groups excluding carboxylic acids is 6. The molecule has 6 amide bonds. The predicted molar refractivity (Wildman–Crippen MR) is 422 cm³/mol. The summed E-state index contributed by atoms with van der Waals surface area (Å²) in [6, 6.07) is 62.1. The molecule has 10 aliphatic rings. The normalized spacial score (nSPS) is 21.8. The third-order valence-corrected chi connectivity index (χ3v) is 23.8. The zero-order valence-electron chi connectivity index (χ0n) is 63.9. The molecule has 18 nitrogen and oxygen atoms in total. The molecule has 17 rings (SSSR count). The van der Waals surface area contributed by atoms with E-state index in [1.54, 1.807) is 4.90 Å². The van der Waals surface area contributed by atoms with Gasteiger partial charge in [0, 0.05) is 127 Å². The van der Waals surface area contributed by atoms with Crippen molar-refractivity contribution in [3.8, 4) is 0 Å². The fourth-order valence-corrected chi connectivity index (χ4v) is 18.5. The smallest absolute Gasteiger partial charge is 1.00 e. The van der Waals surface area contributed by atoms with Crippen LogP contribution in [0.3, 0.4) is 0 Å². The van der Waals surface area contributed by atoms with Crippen molar-refractivity contribution in [2.75, 3.05) is 111 Å². The molecule has 6 N–H and O–H groups in total. The predicted octanol–water partition coefficient (Wildman–Crippen LogP) is 9.79. The summed E-state index contributed by atoms with van der Waals surface area (Å²) in [6.45, 7) is 9.85. The molecule has 7 aromatic carbocycles. The van der Waals surface area contributed by atoms with E-state index in [0.717, 1.165) is 169 Å². The first-order valence-electron chi connectivity index (χ1n) is 37.2. The molecule has 2 atom stereocenters. The van der Waals surface area contributed by atoms with Crippen molar-refractivity contribution in [1.82, 2.24) is 20.0 Å². The molecule has 4 saturated heterocycles.